The highest BCUT2D eigenvalue weighted by Crippen LogP contribution is 2.35. The van der Waals surface area contributed by atoms with Crippen LogP contribution in [0.3, 0.4) is 0 Å². The van der Waals surface area contributed by atoms with Crippen LogP contribution in [0.15, 0.2) is 5.16 Å². The minimum absolute atomic E-state index is 0.0225. The Balaban J connectivity index is 1.91. The summed E-state index contributed by atoms with van der Waals surface area (Å²) in [7, 11) is 0. The van der Waals surface area contributed by atoms with Crippen molar-refractivity contribution in [2.75, 3.05) is 0 Å². The number of hydrogen-bond donors (Lipinski definition) is 2. The van der Waals surface area contributed by atoms with Gasteiger partial charge in [0.1, 0.15) is 0 Å². The highest BCUT2D eigenvalue weighted by atomic mass is 16.6. The number of hydrogen-bond acceptors (Lipinski definition) is 4. The summed E-state index contributed by atoms with van der Waals surface area (Å²) >= 11 is 0. The zero-order chi connectivity index (χ0) is 12.5. The number of carbonyl (C=O) groups excluding carboxylic acids is 1. The van der Waals surface area contributed by atoms with E-state index in [-0.39, 0.29) is 12.3 Å². The SMILES string of the molecule is CC1=NO[C@H](C(=O)NC2(CC(=O)O)CCC2)C1. The lowest BCUT2D eigenvalue weighted by molar-refractivity contribution is -0.142. The number of carbonyl (C=O) groups is 2. The summed E-state index contributed by atoms with van der Waals surface area (Å²) in [6.07, 6.45) is 2.26. The Morgan fingerprint density at radius 1 is 1.59 bits per heavy atom. The highest BCUT2D eigenvalue weighted by molar-refractivity contribution is 5.92. The van der Waals surface area contributed by atoms with Crippen molar-refractivity contribution in [2.24, 2.45) is 5.16 Å². The predicted molar refractivity (Wildman–Crippen MR) is 59.6 cm³/mol. The van der Waals surface area contributed by atoms with Crippen molar-refractivity contribution < 1.29 is 19.5 Å². The Bertz CT molecular complexity index is 374. The standard InChI is InChI=1S/C11H16N2O4/c1-7-5-8(17-13-7)10(16)12-11(3-2-4-11)6-9(14)15/h8H,2-6H2,1H3,(H,12,16)(H,14,15)/t8-/m0/s1. The van der Waals surface area contributed by atoms with Gasteiger partial charge < -0.3 is 15.3 Å². The average molecular weight is 240 g/mol. The maximum absolute atomic E-state index is 11.9. The van der Waals surface area contributed by atoms with E-state index in [0.717, 1.165) is 25.0 Å². The second kappa shape index (κ2) is 4.35. The van der Waals surface area contributed by atoms with Gasteiger partial charge in [-0.3, -0.25) is 9.59 Å². The number of oxime groups is 1. The molecule has 1 saturated carbocycles. The molecular weight excluding hydrogens is 224 g/mol. The van der Waals surface area contributed by atoms with Gasteiger partial charge in [0.15, 0.2) is 0 Å². The molecule has 1 fully saturated rings. The van der Waals surface area contributed by atoms with Gasteiger partial charge in [0.05, 0.1) is 17.7 Å². The molecule has 6 heteroatoms. The molecule has 1 aliphatic heterocycles. The summed E-state index contributed by atoms with van der Waals surface area (Å²) in [5.74, 6) is -1.14. The zero-order valence-corrected chi connectivity index (χ0v) is 9.73. The fraction of sp³-hybridized carbons (Fsp3) is 0.727. The molecule has 2 rings (SSSR count). The zero-order valence-electron chi connectivity index (χ0n) is 9.73. The summed E-state index contributed by atoms with van der Waals surface area (Å²) in [6, 6.07) is 0. The van der Waals surface area contributed by atoms with E-state index in [4.69, 9.17) is 9.94 Å². The van der Waals surface area contributed by atoms with Crippen LogP contribution < -0.4 is 5.32 Å². The molecule has 1 heterocycles. The molecule has 0 spiro atoms. The van der Waals surface area contributed by atoms with E-state index in [1.54, 1.807) is 6.92 Å². The summed E-state index contributed by atoms with van der Waals surface area (Å²) in [5, 5.41) is 15.3. The van der Waals surface area contributed by atoms with Crippen LogP contribution in [-0.4, -0.2) is 34.3 Å². The maximum atomic E-state index is 11.9. The molecule has 1 amide bonds. The van der Waals surface area contributed by atoms with Gasteiger partial charge in [0.25, 0.3) is 5.91 Å². The van der Waals surface area contributed by atoms with Gasteiger partial charge >= 0.3 is 5.97 Å². The summed E-state index contributed by atoms with van der Waals surface area (Å²) in [6.45, 7) is 1.80. The molecule has 0 bridgehead atoms. The molecule has 2 aliphatic rings. The first kappa shape index (κ1) is 11.9. The van der Waals surface area contributed by atoms with Gasteiger partial charge in [-0.05, 0) is 26.2 Å². The van der Waals surface area contributed by atoms with Crippen molar-refractivity contribution in [1.82, 2.24) is 5.32 Å². The van der Waals surface area contributed by atoms with Crippen LogP contribution in [0.4, 0.5) is 0 Å². The number of rotatable bonds is 4. The molecule has 94 valence electrons. The van der Waals surface area contributed by atoms with E-state index in [2.05, 4.69) is 10.5 Å². The first-order chi connectivity index (χ1) is 8.01. The fourth-order valence-electron chi connectivity index (χ4n) is 2.22. The molecule has 1 aliphatic carbocycles. The number of amides is 1. The highest BCUT2D eigenvalue weighted by Gasteiger charge is 2.42. The quantitative estimate of drug-likeness (QED) is 0.755. The lowest BCUT2D eigenvalue weighted by Crippen LogP contribution is -2.57. The van der Waals surface area contributed by atoms with Crippen LogP contribution in [-0.2, 0) is 14.4 Å². The van der Waals surface area contributed by atoms with Crippen molar-refractivity contribution >= 4 is 17.6 Å². The average Bonchev–Trinajstić information content (AvgIpc) is 2.60. The van der Waals surface area contributed by atoms with Gasteiger partial charge in [-0.25, -0.2) is 0 Å². The van der Waals surface area contributed by atoms with Gasteiger partial charge in [-0.2, -0.15) is 0 Å². The Morgan fingerprint density at radius 3 is 2.71 bits per heavy atom. The summed E-state index contributed by atoms with van der Waals surface area (Å²) < 4.78 is 0. The molecule has 0 radical (unpaired) electrons. The molecule has 0 aromatic heterocycles. The maximum Gasteiger partial charge on any atom is 0.305 e. The van der Waals surface area contributed by atoms with Crippen molar-refractivity contribution in [2.45, 2.75) is 50.7 Å². The van der Waals surface area contributed by atoms with Crippen LogP contribution in [0.5, 0.6) is 0 Å². The lowest BCUT2D eigenvalue weighted by Gasteiger charge is -2.41. The van der Waals surface area contributed by atoms with E-state index in [1.165, 1.54) is 0 Å². The van der Waals surface area contributed by atoms with Gasteiger partial charge in [-0.15, -0.1) is 0 Å². The molecule has 2 N–H and O–H groups in total. The first-order valence-electron chi connectivity index (χ1n) is 5.74. The topological polar surface area (TPSA) is 88.0 Å². The van der Waals surface area contributed by atoms with Crippen LogP contribution in [0.1, 0.15) is 39.0 Å². The molecule has 0 aromatic carbocycles. The number of nitrogens with one attached hydrogen (secondary N) is 1. The van der Waals surface area contributed by atoms with Crippen LogP contribution in [0.25, 0.3) is 0 Å². The van der Waals surface area contributed by atoms with Crippen LogP contribution >= 0.6 is 0 Å². The molecule has 0 unspecified atom stereocenters. The monoisotopic (exact) mass is 240 g/mol. The summed E-state index contributed by atoms with van der Waals surface area (Å²) in [4.78, 5) is 27.6. The minimum atomic E-state index is -0.884. The third kappa shape index (κ3) is 2.57. The van der Waals surface area contributed by atoms with Crippen molar-refractivity contribution in [3.05, 3.63) is 0 Å². The van der Waals surface area contributed by atoms with Gasteiger partial charge in [-0.1, -0.05) is 5.16 Å². The first-order valence-corrected chi connectivity index (χ1v) is 5.74. The van der Waals surface area contributed by atoms with E-state index < -0.39 is 17.6 Å². The van der Waals surface area contributed by atoms with Crippen LogP contribution in [0, 0.1) is 0 Å². The largest absolute Gasteiger partial charge is 0.481 e. The second-order valence-electron chi connectivity index (χ2n) is 4.82. The molecule has 0 saturated heterocycles. The number of carboxylic acids is 1. The molecule has 17 heavy (non-hydrogen) atoms. The Morgan fingerprint density at radius 2 is 2.29 bits per heavy atom. The van der Waals surface area contributed by atoms with Crippen molar-refractivity contribution in [1.29, 1.82) is 0 Å². The van der Waals surface area contributed by atoms with E-state index in [0.29, 0.717) is 6.42 Å². The smallest absolute Gasteiger partial charge is 0.305 e. The summed E-state index contributed by atoms with van der Waals surface area (Å²) in [5.41, 5.74) is 0.217. The van der Waals surface area contributed by atoms with E-state index in [9.17, 15) is 9.59 Å². The van der Waals surface area contributed by atoms with E-state index >= 15 is 0 Å². The Hall–Kier alpha value is -1.59. The predicted octanol–water partition coefficient (Wildman–Crippen LogP) is 0.665. The fourth-order valence-corrected chi connectivity index (χ4v) is 2.22. The van der Waals surface area contributed by atoms with Crippen LogP contribution in [0.2, 0.25) is 0 Å². The Kier molecular flexibility index (Phi) is 3.04. The van der Waals surface area contributed by atoms with E-state index in [1.807, 2.05) is 0 Å². The van der Waals surface area contributed by atoms with Gasteiger partial charge in [0, 0.05) is 6.42 Å². The van der Waals surface area contributed by atoms with Crippen molar-refractivity contribution in [3.63, 3.8) is 0 Å². The van der Waals surface area contributed by atoms with Crippen molar-refractivity contribution in [3.8, 4) is 0 Å². The minimum Gasteiger partial charge on any atom is -0.481 e. The number of aliphatic carboxylic acids is 1. The lowest BCUT2D eigenvalue weighted by atomic mass is 9.74. The molecule has 1 atom stereocenters. The molecular formula is C11H16N2O4. The normalized spacial score (nSPS) is 25.5. The third-order valence-corrected chi connectivity index (χ3v) is 3.30. The third-order valence-electron chi connectivity index (χ3n) is 3.30. The van der Waals surface area contributed by atoms with Gasteiger partial charge in [0.2, 0.25) is 6.10 Å². The number of carboxylic acid groups (broad SMARTS) is 1. The molecule has 0 aromatic rings. The Labute approximate surface area is 99.0 Å². The number of nitrogens with zero attached hydrogens (tertiary/aromatic N) is 1. The second-order valence-corrected chi connectivity index (χ2v) is 4.82. The molecule has 6 nitrogen and oxygen atoms in total.